The van der Waals surface area contributed by atoms with E-state index < -0.39 is 13.4 Å². The number of hydrogen-bond donors (Lipinski definition) is 0. The molecule has 0 bridgehead atoms. The second-order valence-electron chi connectivity index (χ2n) is 2.51. The molecule has 0 saturated carbocycles. The van der Waals surface area contributed by atoms with E-state index in [1.54, 1.807) is 13.8 Å². The van der Waals surface area contributed by atoms with Gasteiger partial charge in [0, 0.05) is 0 Å². The molecule has 0 fully saturated rings. The van der Waals surface area contributed by atoms with Crippen LogP contribution in [0.1, 0.15) is 20.3 Å². The Morgan fingerprint density at radius 1 is 1.29 bits per heavy atom. The van der Waals surface area contributed by atoms with Crippen molar-refractivity contribution < 1.29 is 23.2 Å². The Hall–Kier alpha value is -0.510. The molecule has 6 heteroatoms. The van der Waals surface area contributed by atoms with Gasteiger partial charge in [0.05, 0.1) is 19.6 Å². The molecule has 0 N–H and O–H groups in total. The number of carbonyl (C=O) groups is 2. The highest BCUT2D eigenvalue weighted by atomic mass is 31.2. The summed E-state index contributed by atoms with van der Waals surface area (Å²) in [5.41, 5.74) is 0. The van der Waals surface area contributed by atoms with Crippen LogP contribution in [0.4, 0.5) is 0 Å². The first-order valence-corrected chi connectivity index (χ1v) is 6.14. The molecule has 0 aromatic rings. The Morgan fingerprint density at radius 3 is 2.14 bits per heavy atom. The molecular formula is C8H15O5P. The van der Waals surface area contributed by atoms with Crippen molar-refractivity contribution in [2.24, 2.45) is 0 Å². The van der Waals surface area contributed by atoms with Crippen LogP contribution in [0.25, 0.3) is 0 Å². The quantitative estimate of drug-likeness (QED) is 0.353. The highest BCUT2D eigenvalue weighted by molar-refractivity contribution is 7.54. The van der Waals surface area contributed by atoms with Crippen LogP contribution >= 0.6 is 7.60 Å². The SMILES string of the molecule is CCOP(=O)(CC(=O)CC=O)OCC. The van der Waals surface area contributed by atoms with E-state index in [9.17, 15) is 14.2 Å². The second-order valence-corrected chi connectivity index (χ2v) is 4.57. The van der Waals surface area contributed by atoms with Gasteiger partial charge < -0.3 is 13.8 Å². The fourth-order valence-corrected chi connectivity index (χ4v) is 2.50. The highest BCUT2D eigenvalue weighted by Crippen LogP contribution is 2.47. The summed E-state index contributed by atoms with van der Waals surface area (Å²) in [5, 5.41) is 0. The molecule has 0 saturated heterocycles. The van der Waals surface area contributed by atoms with Crippen LogP contribution in [0.3, 0.4) is 0 Å². The van der Waals surface area contributed by atoms with Gasteiger partial charge in [-0.2, -0.15) is 0 Å². The topological polar surface area (TPSA) is 69.7 Å². The molecule has 0 amide bonds. The number of Topliss-reactive ketones (excluding diaryl/α,β-unsaturated/α-hetero) is 1. The molecule has 5 nitrogen and oxygen atoms in total. The normalized spacial score (nSPS) is 11.3. The summed E-state index contributed by atoms with van der Waals surface area (Å²) in [6.07, 6.45) is -0.0951. The molecule has 14 heavy (non-hydrogen) atoms. The van der Waals surface area contributed by atoms with Crippen LogP contribution in [0.2, 0.25) is 0 Å². The van der Waals surface area contributed by atoms with Crippen molar-refractivity contribution in [3.8, 4) is 0 Å². The lowest BCUT2D eigenvalue weighted by molar-refractivity contribution is -0.120. The van der Waals surface area contributed by atoms with Crippen LogP contribution < -0.4 is 0 Å². The zero-order valence-corrected chi connectivity index (χ0v) is 9.29. The van der Waals surface area contributed by atoms with Crippen molar-refractivity contribution in [1.82, 2.24) is 0 Å². The Morgan fingerprint density at radius 2 is 1.79 bits per heavy atom. The van der Waals surface area contributed by atoms with Crippen LogP contribution in [-0.4, -0.2) is 31.4 Å². The molecule has 0 radical (unpaired) electrons. The first kappa shape index (κ1) is 13.5. The predicted molar refractivity (Wildman–Crippen MR) is 51.4 cm³/mol. The Labute approximate surface area is 83.3 Å². The minimum atomic E-state index is -3.31. The monoisotopic (exact) mass is 222 g/mol. The Bertz CT molecular complexity index is 228. The molecule has 0 unspecified atom stereocenters. The third-order valence-electron chi connectivity index (χ3n) is 1.33. The van der Waals surface area contributed by atoms with E-state index in [0.29, 0.717) is 6.29 Å². The van der Waals surface area contributed by atoms with E-state index in [4.69, 9.17) is 9.05 Å². The number of carbonyl (C=O) groups excluding carboxylic acids is 2. The molecule has 0 spiro atoms. The number of rotatable bonds is 8. The van der Waals surface area contributed by atoms with Crippen molar-refractivity contribution in [2.45, 2.75) is 20.3 Å². The number of ketones is 1. The lowest BCUT2D eigenvalue weighted by atomic mass is 10.3. The lowest BCUT2D eigenvalue weighted by Crippen LogP contribution is -2.10. The molecular weight excluding hydrogens is 207 g/mol. The summed E-state index contributed by atoms with van der Waals surface area (Å²) >= 11 is 0. The molecule has 0 aromatic carbocycles. The third kappa shape index (κ3) is 5.27. The minimum Gasteiger partial charge on any atom is -0.309 e. The summed E-state index contributed by atoms with van der Waals surface area (Å²) < 4.78 is 21.5. The molecule has 0 atom stereocenters. The van der Waals surface area contributed by atoms with Gasteiger partial charge in [0.1, 0.15) is 12.4 Å². The number of hydrogen-bond acceptors (Lipinski definition) is 5. The zero-order valence-electron chi connectivity index (χ0n) is 8.39. The standard InChI is InChI=1S/C8H15O5P/c1-3-12-14(11,13-4-2)7-8(10)5-6-9/h6H,3-5,7H2,1-2H3. The van der Waals surface area contributed by atoms with Gasteiger partial charge in [-0.05, 0) is 13.8 Å². The van der Waals surface area contributed by atoms with E-state index >= 15 is 0 Å². The molecule has 0 aliphatic rings. The molecule has 0 aliphatic heterocycles. The van der Waals surface area contributed by atoms with Crippen LogP contribution in [0.15, 0.2) is 0 Å². The van der Waals surface area contributed by atoms with Crippen molar-refractivity contribution in [3.05, 3.63) is 0 Å². The highest BCUT2D eigenvalue weighted by Gasteiger charge is 2.26. The summed E-state index contributed by atoms with van der Waals surface area (Å²) in [6, 6.07) is 0. The molecule has 0 aliphatic carbocycles. The van der Waals surface area contributed by atoms with E-state index in [1.807, 2.05) is 0 Å². The summed E-state index contributed by atoms with van der Waals surface area (Å²) in [6.45, 7) is 3.75. The average molecular weight is 222 g/mol. The Kier molecular flexibility index (Phi) is 6.62. The third-order valence-corrected chi connectivity index (χ3v) is 3.38. The summed E-state index contributed by atoms with van der Waals surface area (Å²) in [5.74, 6) is -0.426. The van der Waals surface area contributed by atoms with Gasteiger partial charge in [0.25, 0.3) is 0 Å². The van der Waals surface area contributed by atoms with Gasteiger partial charge in [0.2, 0.25) is 0 Å². The first-order valence-electron chi connectivity index (χ1n) is 4.41. The molecule has 0 aromatic heterocycles. The molecule has 0 heterocycles. The first-order chi connectivity index (χ1) is 6.58. The van der Waals surface area contributed by atoms with Crippen molar-refractivity contribution in [1.29, 1.82) is 0 Å². The van der Waals surface area contributed by atoms with E-state index in [1.165, 1.54) is 0 Å². The van der Waals surface area contributed by atoms with Crippen LogP contribution in [0.5, 0.6) is 0 Å². The van der Waals surface area contributed by atoms with E-state index in [0.717, 1.165) is 0 Å². The minimum absolute atomic E-state index is 0.214. The Balaban J connectivity index is 4.27. The summed E-state index contributed by atoms with van der Waals surface area (Å²) in [4.78, 5) is 21.1. The smallest absolute Gasteiger partial charge is 0.309 e. The maximum absolute atomic E-state index is 11.7. The van der Waals surface area contributed by atoms with Crippen LogP contribution in [0, 0.1) is 0 Å². The maximum Gasteiger partial charge on any atom is 0.338 e. The lowest BCUT2D eigenvalue weighted by Gasteiger charge is -2.15. The summed E-state index contributed by atoms with van der Waals surface area (Å²) in [7, 11) is -3.31. The van der Waals surface area contributed by atoms with Crippen LogP contribution in [-0.2, 0) is 23.2 Å². The maximum atomic E-state index is 11.7. The predicted octanol–water partition coefficient (Wildman–Crippen LogP) is 1.41. The largest absolute Gasteiger partial charge is 0.338 e. The van der Waals surface area contributed by atoms with E-state index in [-0.39, 0.29) is 25.8 Å². The van der Waals surface area contributed by atoms with Gasteiger partial charge in [0.15, 0.2) is 5.78 Å². The fraction of sp³-hybridized carbons (Fsp3) is 0.750. The molecule has 0 rings (SSSR count). The van der Waals surface area contributed by atoms with Crippen molar-refractivity contribution in [3.63, 3.8) is 0 Å². The van der Waals surface area contributed by atoms with E-state index in [2.05, 4.69) is 0 Å². The van der Waals surface area contributed by atoms with Gasteiger partial charge in [-0.1, -0.05) is 0 Å². The fourth-order valence-electron chi connectivity index (χ4n) is 0.895. The number of aldehydes is 1. The van der Waals surface area contributed by atoms with Gasteiger partial charge in [-0.15, -0.1) is 0 Å². The average Bonchev–Trinajstić information content (AvgIpc) is 2.04. The van der Waals surface area contributed by atoms with Gasteiger partial charge in [-0.3, -0.25) is 9.36 Å². The van der Waals surface area contributed by atoms with Crippen molar-refractivity contribution >= 4 is 19.7 Å². The van der Waals surface area contributed by atoms with Gasteiger partial charge >= 0.3 is 7.60 Å². The van der Waals surface area contributed by atoms with Gasteiger partial charge in [-0.25, -0.2) is 0 Å². The second kappa shape index (κ2) is 6.87. The van der Waals surface area contributed by atoms with Crippen molar-refractivity contribution in [2.75, 3.05) is 19.4 Å². The zero-order chi connectivity index (χ0) is 11.0. The molecule has 82 valence electrons.